The topological polar surface area (TPSA) is 113 Å². The highest BCUT2D eigenvalue weighted by atomic mass is 16.6. The van der Waals surface area contributed by atoms with E-state index in [9.17, 15) is 19.2 Å². The van der Waals surface area contributed by atoms with E-state index in [1.165, 1.54) is 0 Å². The second-order valence-corrected chi connectivity index (χ2v) is 12.6. The van der Waals surface area contributed by atoms with Gasteiger partial charge >= 0.3 is 6.09 Å². The first kappa shape index (κ1) is 29.6. The largest absolute Gasteiger partial charge is 0.449 e. The summed E-state index contributed by atoms with van der Waals surface area (Å²) < 4.78 is 12.8. The number of rotatable bonds is 8. The van der Waals surface area contributed by atoms with Gasteiger partial charge in [-0.15, -0.1) is 0 Å². The van der Waals surface area contributed by atoms with Crippen LogP contribution in [0.1, 0.15) is 68.8 Å². The number of pyridine rings is 1. The van der Waals surface area contributed by atoms with Gasteiger partial charge in [0.2, 0.25) is 0 Å². The van der Waals surface area contributed by atoms with E-state index >= 15 is 0 Å². The lowest BCUT2D eigenvalue weighted by molar-refractivity contribution is -0.142. The molecule has 3 amide bonds. The molecule has 3 atom stereocenters. The van der Waals surface area contributed by atoms with Crippen LogP contribution in [0.3, 0.4) is 0 Å². The zero-order valence-electron chi connectivity index (χ0n) is 25.2. The van der Waals surface area contributed by atoms with Crippen LogP contribution < -0.4 is 10.9 Å². The number of amides is 3. The number of nitrogens with one attached hydrogen (secondary N) is 1. The molecule has 3 unspecified atom stereocenters. The molecule has 1 aromatic carbocycles. The van der Waals surface area contributed by atoms with Crippen molar-refractivity contribution in [1.82, 2.24) is 24.6 Å². The van der Waals surface area contributed by atoms with Crippen LogP contribution in [-0.2, 0) is 14.3 Å². The van der Waals surface area contributed by atoms with Gasteiger partial charge in [0.1, 0.15) is 11.7 Å². The molecule has 2 bridgehead atoms. The first-order valence-corrected chi connectivity index (χ1v) is 15.8. The van der Waals surface area contributed by atoms with Crippen LogP contribution in [-0.4, -0.2) is 107 Å². The quantitative estimate of drug-likeness (QED) is 0.469. The summed E-state index contributed by atoms with van der Waals surface area (Å²) in [7, 11) is 0. The number of fused-ring (bicyclic) bond motifs is 3. The van der Waals surface area contributed by atoms with Crippen LogP contribution in [0.15, 0.2) is 35.1 Å². The van der Waals surface area contributed by atoms with Gasteiger partial charge in [-0.25, -0.2) is 4.79 Å². The SMILES string of the molecule is CC(C)n1c(=O)c(C(=O)NC2CC3CC(C2)N3CCCOC(=O)N2CCN(C(=O)C3CCCO3)CC2)cc2ccccc21. The minimum absolute atomic E-state index is 0.0366. The molecule has 43 heavy (non-hydrogen) atoms. The Morgan fingerprint density at radius 3 is 2.44 bits per heavy atom. The minimum Gasteiger partial charge on any atom is -0.449 e. The minimum atomic E-state index is -0.321. The number of carbonyl (C=O) groups excluding carboxylic acids is 3. The molecular weight excluding hydrogens is 550 g/mol. The number of hydrogen-bond donors (Lipinski definition) is 1. The molecule has 5 fully saturated rings. The number of piperazine rings is 1. The molecular formula is C32H43N5O6. The van der Waals surface area contributed by atoms with E-state index in [2.05, 4.69) is 10.2 Å². The van der Waals surface area contributed by atoms with Crippen molar-refractivity contribution in [3.8, 4) is 0 Å². The molecule has 0 radical (unpaired) electrons. The zero-order valence-corrected chi connectivity index (χ0v) is 25.2. The van der Waals surface area contributed by atoms with Crippen molar-refractivity contribution >= 4 is 28.8 Å². The van der Waals surface area contributed by atoms with Crippen LogP contribution in [0.4, 0.5) is 4.79 Å². The standard InChI is InChI=1S/C32H43N5O6/c1-21(2)37-27-8-4-3-7-22(27)17-26(30(37)39)29(38)33-23-18-24-20-25(19-23)36(24)10-6-16-43-32(41)35-13-11-34(12-14-35)31(40)28-9-5-15-42-28/h3-4,7-8,17,21,23-25,28H,5-6,9-16,18-20H2,1-2H3,(H,33,38). The van der Waals surface area contributed by atoms with Crippen molar-refractivity contribution in [2.24, 2.45) is 0 Å². The normalized spacial score (nSPS) is 25.6. The third-order valence-electron chi connectivity index (χ3n) is 9.48. The molecule has 1 aromatic heterocycles. The average Bonchev–Trinajstić information content (AvgIpc) is 3.55. The smallest absolute Gasteiger partial charge is 0.409 e. The molecule has 4 aliphatic heterocycles. The van der Waals surface area contributed by atoms with Gasteiger partial charge in [0.05, 0.1) is 12.1 Å². The Hall–Kier alpha value is -3.44. The Kier molecular flexibility index (Phi) is 8.72. The highest BCUT2D eigenvalue weighted by Crippen LogP contribution is 2.38. The van der Waals surface area contributed by atoms with Crippen LogP contribution in [0.25, 0.3) is 10.9 Å². The van der Waals surface area contributed by atoms with E-state index in [0.717, 1.165) is 56.0 Å². The fourth-order valence-electron chi connectivity index (χ4n) is 7.25. The number of nitrogens with zero attached hydrogens (tertiary/aromatic N) is 4. The molecule has 1 saturated carbocycles. The molecule has 0 spiro atoms. The molecule has 232 valence electrons. The van der Waals surface area contributed by atoms with Crippen molar-refractivity contribution in [1.29, 1.82) is 0 Å². The summed E-state index contributed by atoms with van der Waals surface area (Å²) in [6, 6.07) is 10.1. The summed E-state index contributed by atoms with van der Waals surface area (Å²) in [6.07, 6.45) is 4.62. The summed E-state index contributed by atoms with van der Waals surface area (Å²) in [5, 5.41) is 4.03. The maximum atomic E-state index is 13.3. The third kappa shape index (κ3) is 6.15. The lowest BCUT2D eigenvalue weighted by Gasteiger charge is -2.55. The summed E-state index contributed by atoms with van der Waals surface area (Å²) in [5.41, 5.74) is 0.780. The van der Waals surface area contributed by atoms with Gasteiger partial charge in [-0.05, 0) is 69.9 Å². The van der Waals surface area contributed by atoms with Crippen molar-refractivity contribution < 1.29 is 23.9 Å². The lowest BCUT2D eigenvalue weighted by atomic mass is 9.76. The monoisotopic (exact) mass is 593 g/mol. The van der Waals surface area contributed by atoms with E-state index in [1.807, 2.05) is 38.1 Å². The average molecular weight is 594 g/mol. The van der Waals surface area contributed by atoms with Gasteiger partial charge < -0.3 is 29.2 Å². The molecule has 1 N–H and O–H groups in total. The Bertz CT molecular complexity index is 1400. The number of hydrogen-bond acceptors (Lipinski definition) is 7. The molecule has 1 aliphatic carbocycles. The molecule has 4 saturated heterocycles. The van der Waals surface area contributed by atoms with E-state index < -0.39 is 0 Å². The Balaban J connectivity index is 0.927. The highest BCUT2D eigenvalue weighted by molar-refractivity contribution is 5.97. The number of benzene rings is 1. The van der Waals surface area contributed by atoms with Gasteiger partial charge in [0.15, 0.2) is 0 Å². The maximum Gasteiger partial charge on any atom is 0.409 e. The molecule has 7 rings (SSSR count). The fraction of sp³-hybridized carbons (Fsp3) is 0.625. The first-order chi connectivity index (χ1) is 20.8. The fourth-order valence-corrected chi connectivity index (χ4v) is 7.25. The number of carbonyl (C=O) groups is 3. The van der Waals surface area contributed by atoms with Gasteiger partial charge in [0.25, 0.3) is 17.4 Å². The van der Waals surface area contributed by atoms with E-state index in [-0.39, 0.29) is 47.2 Å². The van der Waals surface area contributed by atoms with Gasteiger partial charge in [0, 0.05) is 63.5 Å². The van der Waals surface area contributed by atoms with Gasteiger partial charge in [-0.2, -0.15) is 0 Å². The Labute approximate surface area is 252 Å². The number of aromatic nitrogens is 1. The highest BCUT2D eigenvalue weighted by Gasteiger charge is 2.45. The van der Waals surface area contributed by atoms with Crippen LogP contribution in [0.2, 0.25) is 0 Å². The molecule has 5 aliphatic rings. The number of para-hydroxylation sites is 1. The zero-order chi connectivity index (χ0) is 30.1. The first-order valence-electron chi connectivity index (χ1n) is 15.8. The van der Waals surface area contributed by atoms with E-state index in [4.69, 9.17) is 9.47 Å². The maximum absolute atomic E-state index is 13.3. The predicted molar refractivity (Wildman–Crippen MR) is 161 cm³/mol. The summed E-state index contributed by atoms with van der Waals surface area (Å²) >= 11 is 0. The second kappa shape index (κ2) is 12.7. The molecule has 5 heterocycles. The van der Waals surface area contributed by atoms with Crippen molar-refractivity contribution in [2.45, 2.75) is 82.6 Å². The van der Waals surface area contributed by atoms with Crippen molar-refractivity contribution in [2.75, 3.05) is 45.9 Å². The van der Waals surface area contributed by atoms with Crippen molar-refractivity contribution in [3.63, 3.8) is 0 Å². The van der Waals surface area contributed by atoms with E-state index in [0.29, 0.717) is 51.5 Å². The van der Waals surface area contributed by atoms with Gasteiger partial charge in [-0.1, -0.05) is 18.2 Å². The molecule has 11 heteroatoms. The second-order valence-electron chi connectivity index (χ2n) is 12.6. The van der Waals surface area contributed by atoms with Gasteiger partial charge in [-0.3, -0.25) is 19.3 Å². The summed E-state index contributed by atoms with van der Waals surface area (Å²) in [4.78, 5) is 57.5. The van der Waals surface area contributed by atoms with Crippen molar-refractivity contribution in [3.05, 3.63) is 46.2 Å². The number of ether oxygens (including phenoxy) is 2. The van der Waals surface area contributed by atoms with Crippen LogP contribution in [0.5, 0.6) is 0 Å². The lowest BCUT2D eigenvalue weighted by Crippen LogP contribution is -2.64. The Morgan fingerprint density at radius 2 is 1.74 bits per heavy atom. The van der Waals surface area contributed by atoms with Crippen LogP contribution in [0, 0.1) is 0 Å². The summed E-state index contributed by atoms with van der Waals surface area (Å²) in [5.74, 6) is -0.262. The number of piperidine rings is 1. The predicted octanol–water partition coefficient (Wildman–Crippen LogP) is 2.77. The molecule has 11 nitrogen and oxygen atoms in total. The summed E-state index contributed by atoms with van der Waals surface area (Å²) in [6.45, 7) is 7.73. The van der Waals surface area contributed by atoms with E-state index in [1.54, 1.807) is 20.4 Å². The molecule has 2 aromatic rings. The van der Waals surface area contributed by atoms with Crippen LogP contribution >= 0.6 is 0 Å². The Morgan fingerprint density at radius 1 is 1.02 bits per heavy atom. The third-order valence-corrected chi connectivity index (χ3v) is 9.48.